The summed E-state index contributed by atoms with van der Waals surface area (Å²) in [6, 6.07) is 3.02. The summed E-state index contributed by atoms with van der Waals surface area (Å²) < 4.78 is 19.9. The number of hydrogen-bond donors (Lipinski definition) is 1. The summed E-state index contributed by atoms with van der Waals surface area (Å²) in [6.45, 7) is 15.9. The molecule has 0 radical (unpaired) electrons. The zero-order valence-corrected chi connectivity index (χ0v) is 17.9. The van der Waals surface area contributed by atoms with Gasteiger partial charge in [0.15, 0.2) is 10.7 Å². The fourth-order valence-electron chi connectivity index (χ4n) is 4.16. The summed E-state index contributed by atoms with van der Waals surface area (Å²) >= 11 is 1.33. The van der Waals surface area contributed by atoms with Crippen molar-refractivity contribution >= 4 is 22.2 Å². The van der Waals surface area contributed by atoms with Crippen LogP contribution in [0.5, 0.6) is 5.75 Å². The Hall–Kier alpha value is -2.24. The van der Waals surface area contributed by atoms with Gasteiger partial charge < -0.3 is 15.0 Å². The normalized spacial score (nSPS) is 18.5. The van der Waals surface area contributed by atoms with Crippen LogP contribution in [-0.4, -0.2) is 41.5 Å². The van der Waals surface area contributed by atoms with Crippen LogP contribution in [0.2, 0.25) is 0 Å². The molecule has 6 nitrogen and oxygen atoms in total. The summed E-state index contributed by atoms with van der Waals surface area (Å²) in [5.41, 5.74) is 0.468. The molecular formula is C20H26FN5OS. The van der Waals surface area contributed by atoms with E-state index in [9.17, 15) is 4.39 Å². The van der Waals surface area contributed by atoms with Gasteiger partial charge in [0, 0.05) is 24.2 Å². The number of methoxy groups -OCH3 is 1. The monoisotopic (exact) mass is 403 g/mol. The number of aromatic nitrogens is 2. The molecular weight excluding hydrogens is 377 g/mol. The third-order valence-electron chi connectivity index (χ3n) is 5.03. The van der Waals surface area contributed by atoms with Crippen molar-refractivity contribution in [2.75, 3.05) is 19.1 Å². The molecule has 3 rings (SSSR count). The van der Waals surface area contributed by atoms with Gasteiger partial charge >= 0.3 is 0 Å². The second-order valence-electron chi connectivity index (χ2n) is 8.57. The molecule has 1 aromatic heterocycles. The predicted octanol–water partition coefficient (Wildman–Crippen LogP) is 4.65. The minimum absolute atomic E-state index is 0.0130. The first-order valence-electron chi connectivity index (χ1n) is 9.16. The number of piperidine rings is 1. The number of hydrogen-bond acceptors (Lipinski definition) is 6. The van der Waals surface area contributed by atoms with E-state index in [1.54, 1.807) is 0 Å². The van der Waals surface area contributed by atoms with Crippen LogP contribution in [0.1, 0.15) is 40.5 Å². The van der Waals surface area contributed by atoms with E-state index < -0.39 is 5.82 Å². The average molecular weight is 404 g/mol. The van der Waals surface area contributed by atoms with Crippen molar-refractivity contribution in [3.63, 3.8) is 0 Å². The Labute approximate surface area is 169 Å². The lowest BCUT2D eigenvalue weighted by molar-refractivity contribution is 0.161. The third-order valence-corrected chi connectivity index (χ3v) is 6.07. The van der Waals surface area contributed by atoms with Crippen molar-refractivity contribution in [1.29, 1.82) is 0 Å². The fraction of sp³-hybridized carbons (Fsp3) is 0.550. The van der Waals surface area contributed by atoms with Crippen molar-refractivity contribution in [1.82, 2.24) is 15.5 Å². The van der Waals surface area contributed by atoms with Crippen molar-refractivity contribution < 1.29 is 9.13 Å². The maximum atomic E-state index is 14.6. The van der Waals surface area contributed by atoms with Crippen LogP contribution in [0.25, 0.3) is 15.4 Å². The largest absolute Gasteiger partial charge is 0.497 e. The molecule has 0 spiro atoms. The van der Waals surface area contributed by atoms with Gasteiger partial charge in [0.25, 0.3) is 0 Å². The Kier molecular flexibility index (Phi) is 5.34. The van der Waals surface area contributed by atoms with Gasteiger partial charge in [0.1, 0.15) is 11.6 Å². The highest BCUT2D eigenvalue weighted by Gasteiger charge is 2.39. The second kappa shape index (κ2) is 7.30. The highest BCUT2D eigenvalue weighted by Crippen LogP contribution is 2.40. The highest BCUT2D eigenvalue weighted by atomic mass is 32.1. The average Bonchev–Trinajstić information content (AvgIpc) is 3.06. The van der Waals surface area contributed by atoms with E-state index in [2.05, 4.69) is 53.0 Å². The molecule has 0 bridgehead atoms. The Morgan fingerprint density at radius 3 is 2.46 bits per heavy atom. The molecule has 0 unspecified atom stereocenters. The minimum Gasteiger partial charge on any atom is -0.497 e. The molecule has 1 aliphatic heterocycles. The summed E-state index contributed by atoms with van der Waals surface area (Å²) in [5.74, 6) is -0.236. The quantitative estimate of drug-likeness (QED) is 0.753. The molecule has 1 N–H and O–H groups in total. The third kappa shape index (κ3) is 4.10. The number of anilines is 1. The molecule has 1 saturated heterocycles. The lowest BCUT2D eigenvalue weighted by Gasteiger charge is -2.48. The Morgan fingerprint density at radius 2 is 1.89 bits per heavy atom. The summed E-state index contributed by atoms with van der Waals surface area (Å²) in [4.78, 5) is 5.42. The van der Waals surface area contributed by atoms with E-state index in [1.807, 2.05) is 7.05 Å². The number of halogens is 1. The summed E-state index contributed by atoms with van der Waals surface area (Å²) in [5, 5.41) is 13.4. The van der Waals surface area contributed by atoms with Gasteiger partial charge in [0.05, 0.1) is 19.2 Å². The zero-order chi connectivity index (χ0) is 20.7. The first-order chi connectivity index (χ1) is 13.0. The number of nitrogens with one attached hydrogen (secondary N) is 1. The van der Waals surface area contributed by atoms with Gasteiger partial charge in [-0.25, -0.2) is 9.24 Å². The fourth-order valence-corrected chi connectivity index (χ4v) is 5.09. The maximum absolute atomic E-state index is 14.6. The summed E-state index contributed by atoms with van der Waals surface area (Å²) in [7, 11) is 3.47. The van der Waals surface area contributed by atoms with Gasteiger partial charge in [0.2, 0.25) is 5.13 Å². The molecule has 1 aromatic carbocycles. The van der Waals surface area contributed by atoms with Crippen molar-refractivity contribution in [2.45, 2.75) is 57.7 Å². The van der Waals surface area contributed by atoms with Gasteiger partial charge in [-0.15, -0.1) is 10.2 Å². The van der Waals surface area contributed by atoms with E-state index in [-0.39, 0.29) is 22.3 Å². The predicted molar refractivity (Wildman–Crippen MR) is 111 cm³/mol. The van der Waals surface area contributed by atoms with E-state index in [1.165, 1.54) is 30.6 Å². The van der Waals surface area contributed by atoms with Crippen LogP contribution >= 0.6 is 11.3 Å². The second-order valence-corrected chi connectivity index (χ2v) is 9.53. The molecule has 2 heterocycles. The number of benzene rings is 1. The summed E-state index contributed by atoms with van der Waals surface area (Å²) in [6.07, 6.45) is 1.94. The van der Waals surface area contributed by atoms with Gasteiger partial charge in [-0.05, 0) is 52.7 Å². The van der Waals surface area contributed by atoms with E-state index in [0.717, 1.165) is 18.0 Å². The van der Waals surface area contributed by atoms with E-state index in [0.29, 0.717) is 16.8 Å². The van der Waals surface area contributed by atoms with E-state index in [4.69, 9.17) is 11.3 Å². The minimum atomic E-state index is -0.528. The van der Waals surface area contributed by atoms with Gasteiger partial charge in [-0.2, -0.15) is 0 Å². The Bertz CT molecular complexity index is 902. The number of rotatable bonds is 4. The molecule has 28 heavy (non-hydrogen) atoms. The molecule has 8 heteroatoms. The molecule has 150 valence electrons. The zero-order valence-electron chi connectivity index (χ0n) is 17.1. The Balaban J connectivity index is 1.92. The lowest BCUT2D eigenvalue weighted by atomic mass is 9.79. The number of nitrogens with zero attached hydrogens (tertiary/aromatic N) is 4. The van der Waals surface area contributed by atoms with Crippen LogP contribution < -0.4 is 15.0 Å². The molecule has 0 atom stereocenters. The van der Waals surface area contributed by atoms with Crippen LogP contribution in [0.3, 0.4) is 0 Å². The van der Waals surface area contributed by atoms with Crippen LogP contribution in [0, 0.1) is 12.4 Å². The molecule has 0 amide bonds. The first-order valence-corrected chi connectivity index (χ1v) is 9.98. The number of ether oxygens (including phenoxy) is 1. The first kappa shape index (κ1) is 20.5. The molecule has 2 aromatic rings. The van der Waals surface area contributed by atoms with Crippen molar-refractivity contribution in [3.05, 3.63) is 29.4 Å². The SMILES string of the molecule is [C-]#[N+]c1cc(F)c(-c2nnc(N(C)C3CC(C)(C)NC(C)(C)C3)s2)c(OC)c1. The topological polar surface area (TPSA) is 54.6 Å². The van der Waals surface area contributed by atoms with Gasteiger partial charge in [-0.1, -0.05) is 11.3 Å². The standard InChI is InChI=1S/C20H26FN5OS/c1-19(2)10-13(11-20(3,4)25-19)26(6)18-24-23-17(28-18)16-14(21)8-12(22-5)9-15(16)27-7/h8-9,13,25H,10-11H2,1-4,6-7H3. The molecule has 0 saturated carbocycles. The highest BCUT2D eigenvalue weighted by molar-refractivity contribution is 7.18. The van der Waals surface area contributed by atoms with Crippen LogP contribution in [-0.2, 0) is 0 Å². The van der Waals surface area contributed by atoms with Crippen LogP contribution in [0.4, 0.5) is 15.2 Å². The van der Waals surface area contributed by atoms with Gasteiger partial charge in [-0.3, -0.25) is 0 Å². The maximum Gasteiger partial charge on any atom is 0.208 e. The smallest absolute Gasteiger partial charge is 0.208 e. The Morgan fingerprint density at radius 1 is 1.25 bits per heavy atom. The molecule has 0 aliphatic carbocycles. The molecule has 1 aliphatic rings. The van der Waals surface area contributed by atoms with Crippen LogP contribution in [0.15, 0.2) is 12.1 Å². The lowest BCUT2D eigenvalue weighted by Crippen LogP contribution is -2.61. The van der Waals surface area contributed by atoms with E-state index >= 15 is 0 Å². The molecule has 1 fully saturated rings. The van der Waals surface area contributed by atoms with Crippen molar-refractivity contribution in [2.24, 2.45) is 0 Å². The van der Waals surface area contributed by atoms with Crippen molar-refractivity contribution in [3.8, 4) is 16.3 Å².